The molecule has 0 radical (unpaired) electrons. The minimum Gasteiger partial charge on any atom is -0.487 e. The van der Waals surface area contributed by atoms with Crippen molar-refractivity contribution < 1.29 is 9.53 Å². The Labute approximate surface area is 97.3 Å². The van der Waals surface area contributed by atoms with E-state index in [1.165, 1.54) is 0 Å². The Morgan fingerprint density at radius 3 is 2.73 bits per heavy atom. The second-order valence-corrected chi connectivity index (χ2v) is 4.44. The molecule has 0 saturated carbocycles. The van der Waals surface area contributed by atoms with Crippen LogP contribution >= 0.6 is 23.4 Å². The lowest BCUT2D eigenvalue weighted by molar-refractivity contribution is -0.111. The molecule has 0 N–H and O–H groups in total. The summed E-state index contributed by atoms with van der Waals surface area (Å²) < 4.78 is 5.28. The highest BCUT2D eigenvalue weighted by molar-refractivity contribution is 8.08. The van der Waals surface area contributed by atoms with Gasteiger partial charge in [0, 0.05) is 5.75 Å². The van der Waals surface area contributed by atoms with Gasteiger partial charge in [-0.3, -0.25) is 4.79 Å². The van der Waals surface area contributed by atoms with Crippen molar-refractivity contribution in [3.63, 3.8) is 0 Å². The van der Waals surface area contributed by atoms with E-state index in [0.29, 0.717) is 6.61 Å². The molecule has 2 rings (SSSR count). The third kappa shape index (κ3) is 2.36. The Morgan fingerprint density at radius 2 is 2.07 bits per heavy atom. The van der Waals surface area contributed by atoms with Crippen LogP contribution < -0.4 is 0 Å². The van der Waals surface area contributed by atoms with Gasteiger partial charge in [-0.15, -0.1) is 11.8 Å². The van der Waals surface area contributed by atoms with Crippen molar-refractivity contribution in [2.24, 2.45) is 0 Å². The fourth-order valence-electron chi connectivity index (χ4n) is 1.37. The number of rotatable bonds is 2. The molecule has 1 aromatic rings. The summed E-state index contributed by atoms with van der Waals surface area (Å²) in [6, 6.07) is 9.66. The first-order chi connectivity index (χ1) is 7.29. The molecule has 0 atom stereocenters. The number of hydrogen-bond acceptors (Lipinski definition) is 3. The van der Waals surface area contributed by atoms with Gasteiger partial charge in [-0.25, -0.2) is 0 Å². The minimum absolute atomic E-state index is 0.277. The fraction of sp³-hybridized carbons (Fsp3) is 0.182. The Kier molecular flexibility index (Phi) is 3.34. The van der Waals surface area contributed by atoms with Crippen molar-refractivity contribution >= 4 is 33.5 Å². The average Bonchev–Trinajstić information content (AvgIpc) is 2.30. The van der Waals surface area contributed by atoms with Crippen molar-refractivity contribution in [1.82, 2.24) is 0 Å². The molecule has 1 aliphatic heterocycles. The van der Waals surface area contributed by atoms with E-state index >= 15 is 0 Å². The molecule has 0 bridgehead atoms. The predicted molar refractivity (Wildman–Crippen MR) is 62.6 cm³/mol. The van der Waals surface area contributed by atoms with Gasteiger partial charge in [0.1, 0.15) is 0 Å². The lowest BCUT2D eigenvalue weighted by Crippen LogP contribution is -2.10. The molecule has 15 heavy (non-hydrogen) atoms. The van der Waals surface area contributed by atoms with Gasteiger partial charge in [-0.1, -0.05) is 30.3 Å². The molecule has 1 aliphatic rings. The Hall–Kier alpha value is -0.930. The molecule has 0 saturated heterocycles. The van der Waals surface area contributed by atoms with Crippen LogP contribution in [0.2, 0.25) is 0 Å². The van der Waals surface area contributed by atoms with E-state index in [1.54, 1.807) is 11.8 Å². The highest BCUT2D eigenvalue weighted by atomic mass is 35.5. The van der Waals surface area contributed by atoms with Gasteiger partial charge in [-0.2, -0.15) is 0 Å². The third-order valence-electron chi connectivity index (χ3n) is 2.00. The summed E-state index contributed by atoms with van der Waals surface area (Å²) >= 11 is 7.07. The Morgan fingerprint density at radius 1 is 1.33 bits per heavy atom. The van der Waals surface area contributed by atoms with Gasteiger partial charge < -0.3 is 4.74 Å². The maximum atomic E-state index is 11.2. The van der Waals surface area contributed by atoms with Gasteiger partial charge in [0.05, 0.1) is 11.5 Å². The number of halogens is 1. The monoisotopic (exact) mass is 240 g/mol. The van der Waals surface area contributed by atoms with Crippen molar-refractivity contribution in [1.29, 1.82) is 0 Å². The van der Waals surface area contributed by atoms with Crippen LogP contribution in [0.5, 0.6) is 0 Å². The number of thioether (sulfide) groups is 1. The van der Waals surface area contributed by atoms with Crippen molar-refractivity contribution in [2.75, 3.05) is 12.4 Å². The van der Waals surface area contributed by atoms with E-state index in [0.717, 1.165) is 16.2 Å². The lowest BCUT2D eigenvalue weighted by Gasteiger charge is -2.18. The van der Waals surface area contributed by atoms with Crippen LogP contribution in [0.4, 0.5) is 0 Å². The maximum Gasteiger partial charge on any atom is 0.288 e. The van der Waals surface area contributed by atoms with Crippen LogP contribution in [0.15, 0.2) is 36.1 Å². The molecule has 0 aliphatic carbocycles. The maximum absolute atomic E-state index is 11.2. The van der Waals surface area contributed by atoms with Gasteiger partial charge in [0.2, 0.25) is 0 Å². The summed E-state index contributed by atoms with van der Waals surface area (Å²) in [6.07, 6.45) is 0. The van der Waals surface area contributed by atoms with E-state index in [4.69, 9.17) is 16.3 Å². The molecule has 0 fully saturated rings. The zero-order valence-corrected chi connectivity index (χ0v) is 9.48. The van der Waals surface area contributed by atoms with E-state index < -0.39 is 5.24 Å². The molecular weight excluding hydrogens is 232 g/mol. The van der Waals surface area contributed by atoms with E-state index in [-0.39, 0.29) is 5.76 Å². The molecule has 78 valence electrons. The molecule has 0 unspecified atom stereocenters. The van der Waals surface area contributed by atoms with Crippen molar-refractivity contribution in [3.8, 4) is 0 Å². The second kappa shape index (κ2) is 4.73. The highest BCUT2D eigenvalue weighted by Crippen LogP contribution is 2.35. The van der Waals surface area contributed by atoms with E-state index in [2.05, 4.69) is 0 Å². The first kappa shape index (κ1) is 10.6. The van der Waals surface area contributed by atoms with Crippen LogP contribution in [0.1, 0.15) is 5.56 Å². The van der Waals surface area contributed by atoms with Gasteiger partial charge in [-0.05, 0) is 17.2 Å². The molecule has 4 heteroatoms. The smallest absolute Gasteiger partial charge is 0.288 e. The molecule has 1 aromatic carbocycles. The summed E-state index contributed by atoms with van der Waals surface area (Å²) in [6.45, 7) is 0.537. The number of carbonyl (C=O) groups is 1. The Bertz CT molecular complexity index is 400. The fourth-order valence-corrected chi connectivity index (χ4v) is 2.53. The Balaban J connectivity index is 2.44. The van der Waals surface area contributed by atoms with Crippen molar-refractivity contribution in [2.45, 2.75) is 0 Å². The average molecular weight is 241 g/mol. The predicted octanol–water partition coefficient (Wildman–Crippen LogP) is 2.88. The molecule has 0 amide bonds. The summed E-state index contributed by atoms with van der Waals surface area (Å²) in [5.41, 5.74) is 0.978. The number of ether oxygens (including phenoxy) is 1. The number of carbonyl (C=O) groups excluding carboxylic acids is 1. The molecule has 0 spiro atoms. The summed E-state index contributed by atoms with van der Waals surface area (Å²) in [4.78, 5) is 12.0. The van der Waals surface area contributed by atoms with Crippen LogP contribution in [-0.2, 0) is 9.53 Å². The van der Waals surface area contributed by atoms with E-state index in [9.17, 15) is 4.79 Å². The zero-order valence-electron chi connectivity index (χ0n) is 7.90. The summed E-state index contributed by atoms with van der Waals surface area (Å²) in [5.74, 6) is 1.12. The number of allylic oxidation sites excluding steroid dienone is 1. The van der Waals surface area contributed by atoms with Crippen molar-refractivity contribution in [3.05, 3.63) is 41.7 Å². The second-order valence-electron chi connectivity index (χ2n) is 2.99. The number of benzene rings is 1. The van der Waals surface area contributed by atoms with Gasteiger partial charge in [0.15, 0.2) is 5.76 Å². The largest absolute Gasteiger partial charge is 0.487 e. The van der Waals surface area contributed by atoms with Gasteiger partial charge >= 0.3 is 0 Å². The topological polar surface area (TPSA) is 26.3 Å². The van der Waals surface area contributed by atoms with E-state index in [1.807, 2.05) is 30.3 Å². The molecule has 0 aromatic heterocycles. The normalized spacial score (nSPS) is 16.1. The van der Waals surface area contributed by atoms with Gasteiger partial charge in [0.25, 0.3) is 5.24 Å². The SMILES string of the molecule is O=C(Cl)C1=C(c2ccccc2)SCCO1. The standard InChI is InChI=1S/C11H9ClO2S/c12-11(13)9-10(15-7-6-14-9)8-4-2-1-3-5-8/h1-5H,6-7H2. The quantitative estimate of drug-likeness (QED) is 0.744. The highest BCUT2D eigenvalue weighted by Gasteiger charge is 2.20. The van der Waals surface area contributed by atoms with Crippen LogP contribution in [0.25, 0.3) is 4.91 Å². The minimum atomic E-state index is -0.527. The summed E-state index contributed by atoms with van der Waals surface area (Å²) in [5, 5.41) is -0.527. The zero-order chi connectivity index (χ0) is 10.7. The van der Waals surface area contributed by atoms with Crippen LogP contribution in [0, 0.1) is 0 Å². The first-order valence-corrected chi connectivity index (χ1v) is 5.90. The van der Waals surface area contributed by atoms with Crippen LogP contribution in [0.3, 0.4) is 0 Å². The first-order valence-electron chi connectivity index (χ1n) is 4.54. The summed E-state index contributed by atoms with van der Waals surface area (Å²) in [7, 11) is 0. The third-order valence-corrected chi connectivity index (χ3v) is 3.25. The lowest BCUT2D eigenvalue weighted by atomic mass is 10.2. The van der Waals surface area contributed by atoms with Crippen LogP contribution in [-0.4, -0.2) is 17.6 Å². The number of hydrogen-bond donors (Lipinski definition) is 0. The molecular formula is C11H9ClO2S. The molecule has 2 nitrogen and oxygen atoms in total. The molecule has 1 heterocycles.